The fourth-order valence-electron chi connectivity index (χ4n) is 9.92. The molecule has 0 bridgehead atoms. The van der Waals surface area contributed by atoms with Crippen molar-refractivity contribution in [2.45, 2.75) is 76.4 Å². The lowest BCUT2D eigenvalue weighted by atomic mass is 9.83. The van der Waals surface area contributed by atoms with E-state index in [-0.39, 0.29) is 24.3 Å². The zero-order valence-electron chi connectivity index (χ0n) is 32.7. The van der Waals surface area contributed by atoms with Crippen LogP contribution in [0.2, 0.25) is 0 Å². The van der Waals surface area contributed by atoms with E-state index < -0.39 is 23.8 Å². The van der Waals surface area contributed by atoms with Gasteiger partial charge in [-0.3, -0.25) is 34.5 Å². The third-order valence-corrected chi connectivity index (χ3v) is 13.6. The van der Waals surface area contributed by atoms with E-state index in [1.165, 1.54) is 38.2 Å². The number of allylic oxidation sites excluding steroid dienone is 2. The van der Waals surface area contributed by atoms with Gasteiger partial charge in [-0.2, -0.15) is 5.10 Å². The first kappa shape index (κ1) is 36.2. The molecule has 3 N–H and O–H groups in total. The number of nitrogens with zero attached hydrogens (tertiary/aromatic N) is 5. The van der Waals surface area contributed by atoms with Crippen LogP contribution in [-0.4, -0.2) is 113 Å². The van der Waals surface area contributed by atoms with Gasteiger partial charge in [0, 0.05) is 62.3 Å². The summed E-state index contributed by atoms with van der Waals surface area (Å²) >= 11 is 0. The summed E-state index contributed by atoms with van der Waals surface area (Å²) in [5.74, 6) is 2.43. The Bertz CT molecular complexity index is 2180. The highest BCUT2D eigenvalue weighted by Gasteiger charge is 2.45. The average molecular weight is 773 g/mol. The fraction of sp³-hybridized carbons (Fsp3) is 0.523. The van der Waals surface area contributed by atoms with Gasteiger partial charge in [0.1, 0.15) is 23.2 Å². The van der Waals surface area contributed by atoms with Gasteiger partial charge in [0.05, 0.1) is 22.3 Å². The largest absolute Gasteiger partial charge is 0.488 e. The van der Waals surface area contributed by atoms with Crippen LogP contribution in [-0.2, 0) is 9.59 Å². The van der Waals surface area contributed by atoms with Gasteiger partial charge in [-0.25, -0.2) is 0 Å². The van der Waals surface area contributed by atoms with E-state index in [4.69, 9.17) is 9.84 Å². The van der Waals surface area contributed by atoms with Gasteiger partial charge in [0.15, 0.2) is 0 Å². The Morgan fingerprint density at radius 2 is 1.61 bits per heavy atom. The molecule has 6 aliphatic heterocycles. The number of dihydropyridines is 1. The number of rotatable bonds is 10. The van der Waals surface area contributed by atoms with Gasteiger partial charge in [-0.15, -0.1) is 0 Å². The van der Waals surface area contributed by atoms with Crippen molar-refractivity contribution in [1.82, 2.24) is 35.5 Å². The fourth-order valence-corrected chi connectivity index (χ4v) is 9.92. The third kappa shape index (κ3) is 7.08. The number of likely N-dealkylation sites (tertiary alicyclic amines) is 2. The maximum atomic E-state index is 13.3. The number of piperidine rings is 3. The standard InChI is InChI=1S/C44H52N8O5/c1-44(13-14-44)57-32-3-5-36-35(23-32)40(48-47-36)30-8-15-45-38(21-30)51-25-29(26-51)20-27-9-16-49(17-10-27)24-28-11-18-50(19-12-28)31-2-4-33-34(22-31)43(56)52(42(33)55)37-6-7-39(53)46-41(37)54/h2-5,8,21-23,27-29,37,45H,6-7,9-20,24-26H2,1H3,(H,47,48)(H,46,53,54). The summed E-state index contributed by atoms with van der Waals surface area (Å²) in [6, 6.07) is 10.8. The molecule has 3 aromatic rings. The number of anilines is 1. The minimum atomic E-state index is -0.946. The third-order valence-electron chi connectivity index (χ3n) is 13.6. The molecule has 1 saturated carbocycles. The first-order valence-electron chi connectivity index (χ1n) is 21.1. The van der Waals surface area contributed by atoms with Crippen molar-refractivity contribution in [1.29, 1.82) is 0 Å². The summed E-state index contributed by atoms with van der Waals surface area (Å²) in [7, 11) is 0. The topological polar surface area (TPSA) is 143 Å². The van der Waals surface area contributed by atoms with Gasteiger partial charge < -0.3 is 24.8 Å². The Hall–Kier alpha value is -5.17. The highest BCUT2D eigenvalue weighted by molar-refractivity contribution is 6.23. The Balaban J connectivity index is 0.665. The van der Waals surface area contributed by atoms with Crippen LogP contribution in [0.25, 0.3) is 16.5 Å². The number of imide groups is 2. The van der Waals surface area contributed by atoms with Crippen molar-refractivity contribution in [2.75, 3.05) is 57.3 Å². The number of ether oxygens (including phenoxy) is 1. The summed E-state index contributed by atoms with van der Waals surface area (Å²) < 4.78 is 6.25. The normalized spacial score (nSPS) is 24.6. The monoisotopic (exact) mass is 772 g/mol. The molecule has 0 spiro atoms. The summed E-state index contributed by atoms with van der Waals surface area (Å²) in [6.07, 6.45) is 13.0. The number of carbonyl (C=O) groups is 4. The first-order chi connectivity index (χ1) is 27.7. The minimum absolute atomic E-state index is 0.0129. The van der Waals surface area contributed by atoms with Crippen molar-refractivity contribution in [3.8, 4) is 5.75 Å². The highest BCUT2D eigenvalue weighted by Crippen LogP contribution is 2.41. The SMILES string of the molecule is CC1(Oc2ccc3[nH]nc(C4=CCNC(N5CC(CC6CCN(CC7CCN(c8ccc9c(c8)C(=O)N(C8CCC(=O)NC8=O)C9=O)CC7)CC6)C5)=C4)c3c2)CC1. The number of carbonyl (C=O) groups excluding carboxylic acids is 4. The molecule has 7 heterocycles. The molecule has 1 atom stereocenters. The predicted molar refractivity (Wildman–Crippen MR) is 215 cm³/mol. The molecule has 7 aliphatic rings. The molecule has 1 unspecified atom stereocenters. The number of amides is 4. The molecule has 4 saturated heterocycles. The summed E-state index contributed by atoms with van der Waals surface area (Å²) in [5.41, 5.74) is 4.77. The maximum Gasteiger partial charge on any atom is 0.262 e. The zero-order chi connectivity index (χ0) is 38.8. The molecule has 2 aromatic carbocycles. The maximum absolute atomic E-state index is 13.3. The Kier molecular flexibility index (Phi) is 9.10. The van der Waals surface area contributed by atoms with Crippen LogP contribution < -0.4 is 20.3 Å². The molecule has 13 heteroatoms. The van der Waals surface area contributed by atoms with Gasteiger partial charge >= 0.3 is 0 Å². The van der Waals surface area contributed by atoms with Crippen LogP contribution in [0.4, 0.5) is 5.69 Å². The van der Waals surface area contributed by atoms with E-state index >= 15 is 0 Å². The second-order valence-electron chi connectivity index (χ2n) is 17.8. The van der Waals surface area contributed by atoms with E-state index in [0.717, 1.165) is 115 Å². The molecule has 13 nitrogen and oxygen atoms in total. The van der Waals surface area contributed by atoms with E-state index in [9.17, 15) is 19.2 Å². The molecular formula is C44H52N8O5. The predicted octanol–water partition coefficient (Wildman–Crippen LogP) is 4.67. The van der Waals surface area contributed by atoms with E-state index in [2.05, 4.69) is 61.6 Å². The minimum Gasteiger partial charge on any atom is -0.488 e. The molecule has 1 aromatic heterocycles. The van der Waals surface area contributed by atoms with E-state index in [1.807, 2.05) is 18.2 Å². The molecule has 4 amide bonds. The molecule has 57 heavy (non-hydrogen) atoms. The zero-order valence-corrected chi connectivity index (χ0v) is 32.7. The molecule has 298 valence electrons. The first-order valence-corrected chi connectivity index (χ1v) is 21.1. The van der Waals surface area contributed by atoms with Gasteiger partial charge in [0.2, 0.25) is 11.8 Å². The Labute approximate surface area is 332 Å². The number of nitrogens with one attached hydrogen (secondary N) is 3. The number of H-pyrrole nitrogens is 1. The van der Waals surface area contributed by atoms with Crippen LogP contribution >= 0.6 is 0 Å². The van der Waals surface area contributed by atoms with Crippen LogP contribution in [0.1, 0.15) is 91.1 Å². The van der Waals surface area contributed by atoms with Gasteiger partial charge in [-0.1, -0.05) is 6.08 Å². The van der Waals surface area contributed by atoms with Crippen molar-refractivity contribution in [3.05, 3.63) is 71.2 Å². The van der Waals surface area contributed by atoms with Crippen molar-refractivity contribution in [2.24, 2.45) is 17.8 Å². The second kappa shape index (κ2) is 14.3. The lowest BCUT2D eigenvalue weighted by Gasteiger charge is -2.45. The number of aromatic amines is 1. The Morgan fingerprint density at radius 3 is 2.39 bits per heavy atom. The number of aromatic nitrogens is 2. The van der Waals surface area contributed by atoms with Crippen LogP contribution in [0.3, 0.4) is 0 Å². The Morgan fingerprint density at radius 1 is 0.842 bits per heavy atom. The second-order valence-corrected chi connectivity index (χ2v) is 17.8. The summed E-state index contributed by atoms with van der Waals surface area (Å²) in [6.45, 7) is 10.5. The summed E-state index contributed by atoms with van der Waals surface area (Å²) in [4.78, 5) is 59.1. The van der Waals surface area contributed by atoms with E-state index in [1.54, 1.807) is 6.07 Å². The van der Waals surface area contributed by atoms with Gasteiger partial charge in [-0.05, 0) is 132 Å². The van der Waals surface area contributed by atoms with Crippen molar-refractivity contribution in [3.63, 3.8) is 0 Å². The number of hydrogen-bond donors (Lipinski definition) is 3. The van der Waals surface area contributed by atoms with Gasteiger partial charge in [0.25, 0.3) is 11.8 Å². The average Bonchev–Trinajstić information content (AvgIpc) is 3.68. The number of fused-ring (bicyclic) bond motifs is 2. The smallest absolute Gasteiger partial charge is 0.262 e. The molecule has 10 rings (SSSR count). The van der Waals surface area contributed by atoms with Crippen LogP contribution in [0.15, 0.2) is 54.4 Å². The van der Waals surface area contributed by atoms with E-state index in [0.29, 0.717) is 17.0 Å². The molecular weight excluding hydrogens is 721 g/mol. The van der Waals surface area contributed by atoms with Crippen LogP contribution in [0, 0.1) is 17.8 Å². The lowest BCUT2D eigenvalue weighted by Crippen LogP contribution is -2.54. The molecule has 1 aliphatic carbocycles. The lowest BCUT2D eigenvalue weighted by molar-refractivity contribution is -0.136. The summed E-state index contributed by atoms with van der Waals surface area (Å²) in [5, 5.41) is 14.9. The number of hydrogen-bond acceptors (Lipinski definition) is 10. The highest BCUT2D eigenvalue weighted by atomic mass is 16.5. The van der Waals surface area contributed by atoms with Crippen molar-refractivity contribution >= 4 is 45.8 Å². The van der Waals surface area contributed by atoms with Crippen molar-refractivity contribution < 1.29 is 23.9 Å². The number of benzene rings is 2. The molecule has 5 fully saturated rings. The van der Waals surface area contributed by atoms with Crippen LogP contribution in [0.5, 0.6) is 5.75 Å². The quantitative estimate of drug-likeness (QED) is 0.249. The molecule has 0 radical (unpaired) electrons.